The highest BCUT2D eigenvalue weighted by Gasteiger charge is 2.05. The molecule has 152 valence electrons. The van der Waals surface area contributed by atoms with Crippen molar-refractivity contribution in [1.82, 2.24) is 10.3 Å². The molecular formula is C22H26N4O2S. The highest BCUT2D eigenvalue weighted by atomic mass is 32.1. The van der Waals surface area contributed by atoms with Gasteiger partial charge in [-0.1, -0.05) is 36.4 Å². The highest BCUT2D eigenvalue weighted by molar-refractivity contribution is 7.09. The van der Waals surface area contributed by atoms with Crippen LogP contribution in [-0.2, 0) is 25.9 Å². The third-order valence-electron chi connectivity index (χ3n) is 4.40. The van der Waals surface area contributed by atoms with Crippen molar-refractivity contribution in [2.45, 2.75) is 25.9 Å². The second kappa shape index (κ2) is 10.5. The summed E-state index contributed by atoms with van der Waals surface area (Å²) < 4.78 is 10.6. The van der Waals surface area contributed by atoms with Gasteiger partial charge in [0.1, 0.15) is 0 Å². The highest BCUT2D eigenvalue weighted by Crippen LogP contribution is 2.27. The zero-order valence-electron chi connectivity index (χ0n) is 16.7. The maximum atomic E-state index is 6.00. The first-order valence-electron chi connectivity index (χ1n) is 9.40. The van der Waals surface area contributed by atoms with Crippen molar-refractivity contribution in [2.75, 3.05) is 14.2 Å². The molecule has 0 saturated heterocycles. The zero-order valence-corrected chi connectivity index (χ0v) is 17.5. The predicted octanol–water partition coefficient (Wildman–Crippen LogP) is 3.55. The van der Waals surface area contributed by atoms with Crippen LogP contribution in [-0.4, -0.2) is 25.2 Å². The molecule has 29 heavy (non-hydrogen) atoms. The maximum absolute atomic E-state index is 6.00. The van der Waals surface area contributed by atoms with Gasteiger partial charge in [0.15, 0.2) is 17.5 Å². The Labute approximate surface area is 175 Å². The van der Waals surface area contributed by atoms with E-state index in [9.17, 15) is 0 Å². The number of aromatic nitrogens is 1. The standard InChI is InChI=1S/C22H26N4O2S/c1-27-19-10-8-17(12-20(19)28-2)13-24-22(23)25-14-18-15-29-21(26-18)11-9-16-6-4-3-5-7-16/h3-8,10,12,15H,9,11,13-14H2,1-2H3,(H3,23,24,25). The quantitative estimate of drug-likeness (QED) is 0.416. The number of nitrogens with zero attached hydrogens (tertiary/aromatic N) is 2. The summed E-state index contributed by atoms with van der Waals surface area (Å²) in [5.41, 5.74) is 9.29. The van der Waals surface area contributed by atoms with Gasteiger partial charge >= 0.3 is 0 Å². The number of nitrogens with two attached hydrogens (primary N) is 1. The molecular weight excluding hydrogens is 384 g/mol. The molecule has 3 N–H and O–H groups in total. The van der Waals surface area contributed by atoms with Crippen molar-refractivity contribution in [2.24, 2.45) is 10.7 Å². The number of nitrogens with one attached hydrogen (secondary N) is 1. The topological polar surface area (TPSA) is 81.8 Å². The lowest BCUT2D eigenvalue weighted by Crippen LogP contribution is -2.31. The molecule has 1 heterocycles. The molecule has 0 amide bonds. The Morgan fingerprint density at radius 1 is 1.03 bits per heavy atom. The summed E-state index contributed by atoms with van der Waals surface area (Å²) in [7, 11) is 3.23. The van der Waals surface area contributed by atoms with Crippen LogP contribution >= 0.6 is 11.3 Å². The largest absolute Gasteiger partial charge is 0.493 e. The molecule has 0 spiro atoms. The van der Waals surface area contributed by atoms with Crippen molar-refractivity contribution < 1.29 is 9.47 Å². The number of thiazole rings is 1. The van der Waals surface area contributed by atoms with E-state index in [1.807, 2.05) is 24.3 Å². The number of benzene rings is 2. The van der Waals surface area contributed by atoms with E-state index in [1.54, 1.807) is 25.6 Å². The molecule has 2 aromatic carbocycles. The van der Waals surface area contributed by atoms with Gasteiger partial charge in [-0.2, -0.15) is 0 Å². The van der Waals surface area contributed by atoms with E-state index >= 15 is 0 Å². The molecule has 6 nitrogen and oxygen atoms in total. The van der Waals surface area contributed by atoms with E-state index in [-0.39, 0.29) is 0 Å². The SMILES string of the molecule is COc1ccc(CN=C(N)NCc2csc(CCc3ccccc3)n2)cc1OC. The fourth-order valence-electron chi connectivity index (χ4n) is 2.83. The predicted molar refractivity (Wildman–Crippen MR) is 118 cm³/mol. The van der Waals surface area contributed by atoms with E-state index in [0.717, 1.165) is 29.1 Å². The van der Waals surface area contributed by atoms with Gasteiger partial charge in [-0.25, -0.2) is 9.98 Å². The van der Waals surface area contributed by atoms with Crippen LogP contribution in [0.3, 0.4) is 0 Å². The van der Waals surface area contributed by atoms with Crippen molar-refractivity contribution in [3.05, 3.63) is 75.7 Å². The lowest BCUT2D eigenvalue weighted by molar-refractivity contribution is 0.354. The monoisotopic (exact) mass is 410 g/mol. The van der Waals surface area contributed by atoms with Gasteiger partial charge in [0, 0.05) is 11.8 Å². The number of aryl methyl sites for hydroxylation is 2. The van der Waals surface area contributed by atoms with Crippen molar-refractivity contribution in [1.29, 1.82) is 0 Å². The Hall–Kier alpha value is -3.06. The third-order valence-corrected chi connectivity index (χ3v) is 5.36. The maximum Gasteiger partial charge on any atom is 0.189 e. The smallest absolute Gasteiger partial charge is 0.189 e. The van der Waals surface area contributed by atoms with Gasteiger partial charge in [-0.15, -0.1) is 11.3 Å². The average Bonchev–Trinajstić information content (AvgIpc) is 3.23. The fraction of sp³-hybridized carbons (Fsp3) is 0.273. The van der Waals surface area contributed by atoms with Crippen LogP contribution in [0, 0.1) is 0 Å². The van der Waals surface area contributed by atoms with E-state index in [2.05, 4.69) is 44.9 Å². The van der Waals surface area contributed by atoms with Crippen molar-refractivity contribution in [3.8, 4) is 11.5 Å². The minimum Gasteiger partial charge on any atom is -0.493 e. The third kappa shape index (κ3) is 6.22. The molecule has 7 heteroatoms. The number of aliphatic imine (C=N–C) groups is 1. The molecule has 0 fully saturated rings. The number of hydrogen-bond acceptors (Lipinski definition) is 5. The molecule has 0 radical (unpaired) electrons. The van der Waals surface area contributed by atoms with Crippen LogP contribution in [0.25, 0.3) is 0 Å². The summed E-state index contributed by atoms with van der Waals surface area (Å²) in [5, 5.41) is 6.32. The fourth-order valence-corrected chi connectivity index (χ4v) is 3.63. The number of rotatable bonds is 9. The van der Waals surface area contributed by atoms with Crippen molar-refractivity contribution >= 4 is 17.3 Å². The molecule has 0 aliphatic rings. The first-order chi connectivity index (χ1) is 14.2. The Bertz CT molecular complexity index is 941. The van der Waals surface area contributed by atoms with Crippen LogP contribution in [0.2, 0.25) is 0 Å². The molecule has 3 aromatic rings. The number of methoxy groups -OCH3 is 2. The van der Waals surface area contributed by atoms with Gasteiger partial charge in [0.05, 0.1) is 38.0 Å². The first-order valence-corrected chi connectivity index (χ1v) is 10.3. The summed E-state index contributed by atoms with van der Waals surface area (Å²) in [5.74, 6) is 1.76. The van der Waals surface area contributed by atoms with E-state index < -0.39 is 0 Å². The number of ether oxygens (including phenoxy) is 2. The second-order valence-corrected chi connectivity index (χ2v) is 7.41. The lowest BCUT2D eigenvalue weighted by Gasteiger charge is -2.09. The summed E-state index contributed by atoms with van der Waals surface area (Å²) in [6.07, 6.45) is 1.94. The Morgan fingerprint density at radius 2 is 1.83 bits per heavy atom. The molecule has 0 unspecified atom stereocenters. The molecule has 0 atom stereocenters. The van der Waals surface area contributed by atoms with Gasteiger partial charge < -0.3 is 20.5 Å². The van der Waals surface area contributed by atoms with Crippen LogP contribution in [0.4, 0.5) is 0 Å². The van der Waals surface area contributed by atoms with Crippen molar-refractivity contribution in [3.63, 3.8) is 0 Å². The van der Waals surface area contributed by atoms with Gasteiger partial charge in [-0.3, -0.25) is 0 Å². The van der Waals surface area contributed by atoms with E-state index in [0.29, 0.717) is 30.5 Å². The van der Waals surface area contributed by atoms with Crippen LogP contribution in [0.15, 0.2) is 58.9 Å². The second-order valence-electron chi connectivity index (χ2n) is 6.46. The molecule has 0 aliphatic heterocycles. The van der Waals surface area contributed by atoms with Gasteiger partial charge in [0.25, 0.3) is 0 Å². The molecule has 3 rings (SSSR count). The van der Waals surface area contributed by atoms with Crippen LogP contribution in [0.5, 0.6) is 11.5 Å². The zero-order chi connectivity index (χ0) is 20.5. The van der Waals surface area contributed by atoms with Gasteiger partial charge in [0.2, 0.25) is 0 Å². The van der Waals surface area contributed by atoms with Crippen LogP contribution in [0.1, 0.15) is 21.8 Å². The summed E-state index contributed by atoms with van der Waals surface area (Å²) in [6.45, 7) is 1.02. The summed E-state index contributed by atoms with van der Waals surface area (Å²) in [6, 6.07) is 16.2. The Balaban J connectivity index is 1.48. The minimum atomic E-state index is 0.388. The van der Waals surface area contributed by atoms with Crippen LogP contribution < -0.4 is 20.5 Å². The lowest BCUT2D eigenvalue weighted by atomic mass is 10.1. The molecule has 0 aliphatic carbocycles. The minimum absolute atomic E-state index is 0.388. The molecule has 0 saturated carbocycles. The molecule has 1 aromatic heterocycles. The number of guanidine groups is 1. The number of hydrogen-bond donors (Lipinski definition) is 2. The van der Waals surface area contributed by atoms with Gasteiger partial charge in [-0.05, 0) is 29.7 Å². The van der Waals surface area contributed by atoms with E-state index in [4.69, 9.17) is 15.2 Å². The summed E-state index contributed by atoms with van der Waals surface area (Å²) >= 11 is 1.68. The first kappa shape index (κ1) is 20.7. The Morgan fingerprint density at radius 3 is 2.59 bits per heavy atom. The average molecular weight is 411 g/mol. The Kier molecular flexibility index (Phi) is 7.47. The summed E-state index contributed by atoms with van der Waals surface area (Å²) in [4.78, 5) is 9.06. The van der Waals surface area contributed by atoms with E-state index in [1.165, 1.54) is 5.56 Å². The molecule has 0 bridgehead atoms. The normalized spacial score (nSPS) is 11.3.